The van der Waals surface area contributed by atoms with E-state index < -0.39 is 5.54 Å². The van der Waals surface area contributed by atoms with E-state index in [1.807, 2.05) is 6.92 Å². The van der Waals surface area contributed by atoms with Gasteiger partial charge in [-0.2, -0.15) is 0 Å². The van der Waals surface area contributed by atoms with Gasteiger partial charge < -0.3 is 10.1 Å². The highest BCUT2D eigenvalue weighted by molar-refractivity contribution is 5.81. The van der Waals surface area contributed by atoms with E-state index in [2.05, 4.69) is 26.1 Å². The first-order chi connectivity index (χ1) is 8.05. The van der Waals surface area contributed by atoms with Crippen LogP contribution in [0.25, 0.3) is 0 Å². The fourth-order valence-corrected chi connectivity index (χ4v) is 2.66. The number of ether oxygens (including phenoxy) is 1. The molecule has 0 spiro atoms. The summed E-state index contributed by atoms with van der Waals surface area (Å²) in [6.07, 6.45) is 3.98. The molecule has 3 nitrogen and oxygen atoms in total. The average molecular weight is 241 g/mol. The molecule has 1 saturated carbocycles. The van der Waals surface area contributed by atoms with Gasteiger partial charge in [0.05, 0.1) is 6.61 Å². The summed E-state index contributed by atoms with van der Waals surface area (Å²) in [4.78, 5) is 12.2. The molecular weight excluding hydrogens is 214 g/mol. The van der Waals surface area contributed by atoms with Crippen molar-refractivity contribution in [2.75, 3.05) is 13.2 Å². The first-order valence-corrected chi connectivity index (χ1v) is 6.98. The molecule has 0 radical (unpaired) electrons. The van der Waals surface area contributed by atoms with Gasteiger partial charge in [0.2, 0.25) is 0 Å². The van der Waals surface area contributed by atoms with Crippen molar-refractivity contribution in [2.24, 2.45) is 11.8 Å². The summed E-state index contributed by atoms with van der Waals surface area (Å²) < 4.78 is 5.26. The van der Waals surface area contributed by atoms with Gasteiger partial charge in [-0.25, -0.2) is 0 Å². The normalized spacial score (nSPS) is 33.4. The van der Waals surface area contributed by atoms with Gasteiger partial charge in [-0.15, -0.1) is 0 Å². The van der Waals surface area contributed by atoms with Crippen molar-refractivity contribution in [1.82, 2.24) is 5.32 Å². The monoisotopic (exact) mass is 241 g/mol. The average Bonchev–Trinajstić information content (AvgIpc) is 2.31. The number of esters is 1. The van der Waals surface area contributed by atoms with Crippen LogP contribution in [0.5, 0.6) is 0 Å². The lowest BCUT2D eigenvalue weighted by Crippen LogP contribution is -2.56. The molecule has 0 bridgehead atoms. The van der Waals surface area contributed by atoms with Crippen LogP contribution >= 0.6 is 0 Å². The maximum absolute atomic E-state index is 12.2. The Hall–Kier alpha value is -0.570. The molecule has 0 aromatic carbocycles. The first-order valence-electron chi connectivity index (χ1n) is 6.98. The summed E-state index contributed by atoms with van der Waals surface area (Å²) >= 11 is 0. The van der Waals surface area contributed by atoms with Crippen molar-refractivity contribution < 1.29 is 9.53 Å². The van der Waals surface area contributed by atoms with Gasteiger partial charge in [0.25, 0.3) is 0 Å². The molecule has 1 aliphatic rings. The van der Waals surface area contributed by atoms with Gasteiger partial charge in [0.15, 0.2) is 0 Å². The van der Waals surface area contributed by atoms with Gasteiger partial charge >= 0.3 is 5.97 Å². The van der Waals surface area contributed by atoms with Crippen molar-refractivity contribution in [3.63, 3.8) is 0 Å². The highest BCUT2D eigenvalue weighted by atomic mass is 16.5. The van der Waals surface area contributed by atoms with Crippen molar-refractivity contribution in [3.05, 3.63) is 0 Å². The van der Waals surface area contributed by atoms with E-state index in [9.17, 15) is 4.79 Å². The van der Waals surface area contributed by atoms with E-state index in [1.54, 1.807) is 0 Å². The van der Waals surface area contributed by atoms with Crippen LogP contribution in [0.4, 0.5) is 0 Å². The molecular formula is C14H27NO2. The number of carbonyl (C=O) groups excluding carboxylic acids is 1. The first kappa shape index (κ1) is 14.5. The largest absolute Gasteiger partial charge is 0.465 e. The Morgan fingerprint density at radius 2 is 2.06 bits per heavy atom. The molecule has 0 heterocycles. The topological polar surface area (TPSA) is 38.3 Å². The summed E-state index contributed by atoms with van der Waals surface area (Å²) in [6.45, 7) is 9.88. The number of rotatable bonds is 5. The molecule has 17 heavy (non-hydrogen) atoms. The fourth-order valence-electron chi connectivity index (χ4n) is 2.66. The van der Waals surface area contributed by atoms with Gasteiger partial charge in [0.1, 0.15) is 5.54 Å². The highest BCUT2D eigenvalue weighted by Gasteiger charge is 2.44. The molecule has 0 saturated heterocycles. The van der Waals surface area contributed by atoms with E-state index in [0.29, 0.717) is 18.4 Å². The molecule has 0 aliphatic heterocycles. The summed E-state index contributed by atoms with van der Waals surface area (Å²) in [6, 6.07) is 0. The second kappa shape index (κ2) is 6.39. The maximum Gasteiger partial charge on any atom is 0.326 e. The molecule has 1 N–H and O–H groups in total. The summed E-state index contributed by atoms with van der Waals surface area (Å²) in [5, 5.41) is 3.45. The van der Waals surface area contributed by atoms with Crippen LogP contribution in [-0.4, -0.2) is 24.7 Å². The minimum Gasteiger partial charge on any atom is -0.465 e. The third kappa shape index (κ3) is 3.44. The zero-order valence-electron chi connectivity index (χ0n) is 11.7. The SMILES string of the molecule is CCCNC1(C(=O)OCC)CCC(C)C(C)C1. The minimum absolute atomic E-state index is 0.0489. The van der Waals surface area contributed by atoms with Crippen LogP contribution in [0.1, 0.15) is 53.4 Å². The standard InChI is InChI=1S/C14H27NO2/c1-5-9-15-14(13(16)17-6-2)8-7-11(3)12(4)10-14/h11-12,15H,5-10H2,1-4H3. The molecule has 3 atom stereocenters. The highest BCUT2D eigenvalue weighted by Crippen LogP contribution is 2.37. The Morgan fingerprint density at radius 1 is 1.35 bits per heavy atom. The third-order valence-electron chi connectivity index (χ3n) is 4.05. The second-order valence-corrected chi connectivity index (χ2v) is 5.43. The molecule has 1 fully saturated rings. The van der Waals surface area contributed by atoms with Crippen molar-refractivity contribution in [1.29, 1.82) is 0 Å². The van der Waals surface area contributed by atoms with Crippen LogP contribution in [0.15, 0.2) is 0 Å². The predicted molar refractivity (Wildman–Crippen MR) is 69.8 cm³/mol. The number of carbonyl (C=O) groups is 1. The Labute approximate surface area is 105 Å². The van der Waals surface area contributed by atoms with E-state index in [0.717, 1.165) is 32.2 Å². The lowest BCUT2D eigenvalue weighted by Gasteiger charge is -2.41. The van der Waals surface area contributed by atoms with E-state index in [1.165, 1.54) is 0 Å². The zero-order chi connectivity index (χ0) is 12.9. The molecule has 1 rings (SSSR count). The number of nitrogens with one attached hydrogen (secondary N) is 1. The molecule has 0 amide bonds. The van der Waals surface area contributed by atoms with E-state index >= 15 is 0 Å². The molecule has 1 aliphatic carbocycles. The summed E-state index contributed by atoms with van der Waals surface area (Å²) in [7, 11) is 0. The number of hydrogen-bond acceptors (Lipinski definition) is 3. The fraction of sp³-hybridized carbons (Fsp3) is 0.929. The van der Waals surface area contributed by atoms with Crippen molar-refractivity contribution in [2.45, 2.75) is 58.9 Å². The quantitative estimate of drug-likeness (QED) is 0.752. The van der Waals surface area contributed by atoms with E-state index in [-0.39, 0.29) is 5.97 Å². The predicted octanol–water partition coefficient (Wildman–Crippen LogP) is 2.74. The van der Waals surface area contributed by atoms with Gasteiger partial charge in [-0.1, -0.05) is 20.8 Å². The minimum atomic E-state index is -0.419. The number of hydrogen-bond donors (Lipinski definition) is 1. The Balaban J connectivity index is 2.75. The third-order valence-corrected chi connectivity index (χ3v) is 4.05. The van der Waals surface area contributed by atoms with Crippen LogP contribution in [0.3, 0.4) is 0 Å². The van der Waals surface area contributed by atoms with Crippen LogP contribution < -0.4 is 5.32 Å². The van der Waals surface area contributed by atoms with Crippen molar-refractivity contribution >= 4 is 5.97 Å². The van der Waals surface area contributed by atoms with E-state index in [4.69, 9.17) is 4.74 Å². The molecule has 0 aromatic rings. The Bertz CT molecular complexity index is 251. The van der Waals surface area contributed by atoms with Crippen LogP contribution in [-0.2, 0) is 9.53 Å². The van der Waals surface area contributed by atoms with Gasteiger partial charge in [-0.05, 0) is 51.0 Å². The van der Waals surface area contributed by atoms with Crippen molar-refractivity contribution in [3.8, 4) is 0 Å². The maximum atomic E-state index is 12.2. The van der Waals surface area contributed by atoms with Crippen LogP contribution in [0.2, 0.25) is 0 Å². The second-order valence-electron chi connectivity index (χ2n) is 5.43. The van der Waals surface area contributed by atoms with Gasteiger partial charge in [-0.3, -0.25) is 4.79 Å². The van der Waals surface area contributed by atoms with Gasteiger partial charge in [0, 0.05) is 0 Å². The zero-order valence-corrected chi connectivity index (χ0v) is 11.7. The Morgan fingerprint density at radius 3 is 2.59 bits per heavy atom. The smallest absolute Gasteiger partial charge is 0.326 e. The van der Waals surface area contributed by atoms with Crippen LogP contribution in [0, 0.1) is 11.8 Å². The molecule has 100 valence electrons. The lowest BCUT2D eigenvalue weighted by molar-refractivity contribution is -0.154. The molecule has 0 aromatic heterocycles. The summed E-state index contributed by atoms with van der Waals surface area (Å²) in [5.74, 6) is 1.24. The lowest BCUT2D eigenvalue weighted by atomic mass is 9.71. The molecule has 3 heteroatoms. The summed E-state index contributed by atoms with van der Waals surface area (Å²) in [5.41, 5.74) is -0.419. The Kier molecular flexibility index (Phi) is 5.44. The molecule has 3 unspecified atom stereocenters.